The molecule has 0 fully saturated rings. The topological polar surface area (TPSA) is 0 Å². The first kappa shape index (κ1) is 29.6. The Morgan fingerprint density at radius 3 is 1.37 bits per heavy atom. The molecule has 11 rings (SSSR count). The van der Waals surface area contributed by atoms with Crippen molar-refractivity contribution in [3.8, 4) is 43.8 Å². The van der Waals surface area contributed by atoms with Gasteiger partial charge in [-0.1, -0.05) is 164 Å². The summed E-state index contributed by atoms with van der Waals surface area (Å²) in [6.45, 7) is 0. The molecule has 0 aliphatic carbocycles. The molecule has 9 aromatic carbocycles. The van der Waals surface area contributed by atoms with Crippen molar-refractivity contribution >= 4 is 85.9 Å². The summed E-state index contributed by atoms with van der Waals surface area (Å²) >= 11 is 3.74. The zero-order chi connectivity index (χ0) is 34.2. The Balaban J connectivity index is 1.18. The molecule has 0 saturated carbocycles. The molecule has 0 aliphatic rings. The summed E-state index contributed by atoms with van der Waals surface area (Å²) in [5.41, 5.74) is 9.04. The summed E-state index contributed by atoms with van der Waals surface area (Å²) in [4.78, 5) is 1.31. The van der Waals surface area contributed by atoms with Crippen LogP contribution in [0.3, 0.4) is 0 Å². The molecule has 2 aromatic heterocycles. The predicted molar refractivity (Wildman–Crippen MR) is 229 cm³/mol. The van der Waals surface area contributed by atoms with Crippen LogP contribution in [-0.2, 0) is 0 Å². The predicted octanol–water partition coefficient (Wildman–Crippen LogP) is 15.4. The Bertz CT molecular complexity index is 3050. The molecule has 2 heteroatoms. The van der Waals surface area contributed by atoms with Crippen LogP contribution in [0.25, 0.3) is 107 Å². The van der Waals surface area contributed by atoms with E-state index in [4.69, 9.17) is 0 Å². The third-order valence-corrected chi connectivity index (χ3v) is 12.8. The standard InChI is InChI=1S/C50H30S2/c1-2-14-31(15-3-1)46-34-16-4-6-18-36(34)47(37-19-7-5-17-35(37)46)32-27-28-33-42-24-12-25-43(50(42)52-45(33)30-32)48-38-20-8-10-22-40(38)49(44-26-13-29-51-44)41-23-11-9-21-39(41)48/h1-30H. The van der Waals surface area contributed by atoms with Crippen molar-refractivity contribution in [3.05, 3.63) is 181 Å². The molecule has 0 atom stereocenters. The van der Waals surface area contributed by atoms with E-state index in [2.05, 4.69) is 181 Å². The van der Waals surface area contributed by atoms with Gasteiger partial charge in [0.05, 0.1) is 0 Å². The van der Waals surface area contributed by atoms with Gasteiger partial charge in [-0.05, 0) is 88.4 Å². The highest BCUT2D eigenvalue weighted by molar-refractivity contribution is 7.26. The van der Waals surface area contributed by atoms with Crippen molar-refractivity contribution in [2.24, 2.45) is 0 Å². The summed E-state index contributed by atoms with van der Waals surface area (Å²) in [6, 6.07) is 65.1. The molecular weight excluding hydrogens is 665 g/mol. The molecule has 52 heavy (non-hydrogen) atoms. The first-order valence-electron chi connectivity index (χ1n) is 17.8. The van der Waals surface area contributed by atoms with E-state index in [9.17, 15) is 0 Å². The van der Waals surface area contributed by atoms with Crippen molar-refractivity contribution in [2.45, 2.75) is 0 Å². The average molecular weight is 695 g/mol. The smallest absolute Gasteiger partial charge is 0.0434 e. The van der Waals surface area contributed by atoms with Gasteiger partial charge in [0.2, 0.25) is 0 Å². The number of thiophene rings is 2. The molecule has 242 valence electrons. The van der Waals surface area contributed by atoms with Gasteiger partial charge in [0, 0.05) is 36.2 Å². The number of hydrogen-bond acceptors (Lipinski definition) is 2. The molecule has 0 unspecified atom stereocenters. The minimum Gasteiger partial charge on any atom is -0.144 e. The third-order valence-electron chi connectivity index (χ3n) is 10.7. The highest BCUT2D eigenvalue weighted by Crippen LogP contribution is 2.50. The maximum absolute atomic E-state index is 2.44. The second kappa shape index (κ2) is 11.7. The second-order valence-corrected chi connectivity index (χ2v) is 15.5. The quantitative estimate of drug-likeness (QED) is 0.161. The van der Waals surface area contributed by atoms with Gasteiger partial charge in [-0.25, -0.2) is 0 Å². The monoisotopic (exact) mass is 694 g/mol. The van der Waals surface area contributed by atoms with Gasteiger partial charge in [0.15, 0.2) is 0 Å². The Labute approximate surface area is 309 Å². The van der Waals surface area contributed by atoms with Crippen LogP contribution in [0.4, 0.5) is 0 Å². The third kappa shape index (κ3) is 4.38. The van der Waals surface area contributed by atoms with Gasteiger partial charge in [-0.15, -0.1) is 22.7 Å². The maximum atomic E-state index is 2.44. The van der Waals surface area contributed by atoms with E-state index in [0.29, 0.717) is 0 Å². The second-order valence-electron chi connectivity index (χ2n) is 13.5. The van der Waals surface area contributed by atoms with E-state index < -0.39 is 0 Å². The van der Waals surface area contributed by atoms with Crippen LogP contribution in [0.15, 0.2) is 181 Å². The molecule has 0 saturated heterocycles. The Morgan fingerprint density at radius 1 is 0.308 bits per heavy atom. The highest BCUT2D eigenvalue weighted by atomic mass is 32.1. The van der Waals surface area contributed by atoms with Crippen LogP contribution in [0.5, 0.6) is 0 Å². The van der Waals surface area contributed by atoms with Crippen molar-refractivity contribution in [1.29, 1.82) is 0 Å². The largest absolute Gasteiger partial charge is 0.144 e. The van der Waals surface area contributed by atoms with E-state index in [0.717, 1.165) is 0 Å². The van der Waals surface area contributed by atoms with E-state index in [1.54, 1.807) is 0 Å². The van der Waals surface area contributed by atoms with Crippen molar-refractivity contribution in [1.82, 2.24) is 0 Å². The van der Waals surface area contributed by atoms with Crippen LogP contribution in [0, 0.1) is 0 Å². The number of hydrogen-bond donors (Lipinski definition) is 0. The van der Waals surface area contributed by atoms with E-state index in [1.807, 2.05) is 22.7 Å². The molecule has 0 aliphatic heterocycles. The molecule has 0 N–H and O–H groups in total. The van der Waals surface area contributed by atoms with Crippen LogP contribution >= 0.6 is 22.7 Å². The number of fused-ring (bicyclic) bond motifs is 7. The van der Waals surface area contributed by atoms with Crippen LogP contribution in [0.2, 0.25) is 0 Å². The van der Waals surface area contributed by atoms with Crippen molar-refractivity contribution < 1.29 is 0 Å². The summed E-state index contributed by atoms with van der Waals surface area (Å²) < 4.78 is 2.65. The fraction of sp³-hybridized carbons (Fsp3) is 0. The molecule has 0 amide bonds. The first-order chi connectivity index (χ1) is 25.8. The Kier molecular flexibility index (Phi) is 6.70. The molecular formula is C50H30S2. The molecule has 2 heterocycles. The van der Waals surface area contributed by atoms with Crippen molar-refractivity contribution in [2.75, 3.05) is 0 Å². The van der Waals surface area contributed by atoms with Crippen LogP contribution in [-0.4, -0.2) is 0 Å². The number of benzene rings is 9. The lowest BCUT2D eigenvalue weighted by Gasteiger charge is -2.17. The average Bonchev–Trinajstić information content (AvgIpc) is 3.88. The Morgan fingerprint density at radius 2 is 0.808 bits per heavy atom. The molecule has 0 spiro atoms. The zero-order valence-corrected chi connectivity index (χ0v) is 29.8. The van der Waals surface area contributed by atoms with E-state index in [1.165, 1.54) is 107 Å². The van der Waals surface area contributed by atoms with E-state index in [-0.39, 0.29) is 0 Å². The lowest BCUT2D eigenvalue weighted by molar-refractivity contribution is 1.66. The maximum Gasteiger partial charge on any atom is 0.0434 e. The van der Waals surface area contributed by atoms with Gasteiger partial charge in [-0.2, -0.15) is 0 Å². The lowest BCUT2D eigenvalue weighted by Crippen LogP contribution is -1.90. The fourth-order valence-corrected chi connectivity index (χ4v) is 10.7. The SMILES string of the molecule is c1ccc(-c2c3ccccc3c(-c3ccc4c(c3)sc3c(-c5c6ccccc6c(-c6cccs6)c6ccccc56)cccc34)c3ccccc23)cc1. The summed E-state index contributed by atoms with van der Waals surface area (Å²) in [5.74, 6) is 0. The molecule has 0 radical (unpaired) electrons. The van der Waals surface area contributed by atoms with E-state index >= 15 is 0 Å². The zero-order valence-electron chi connectivity index (χ0n) is 28.1. The van der Waals surface area contributed by atoms with Crippen LogP contribution < -0.4 is 0 Å². The van der Waals surface area contributed by atoms with Gasteiger partial charge in [-0.3, -0.25) is 0 Å². The van der Waals surface area contributed by atoms with Gasteiger partial charge in [0.1, 0.15) is 0 Å². The molecule has 0 bridgehead atoms. The van der Waals surface area contributed by atoms with Crippen molar-refractivity contribution in [3.63, 3.8) is 0 Å². The minimum atomic E-state index is 1.25. The minimum absolute atomic E-state index is 1.25. The fourth-order valence-electron chi connectivity index (χ4n) is 8.61. The molecule has 11 aromatic rings. The normalized spacial score (nSPS) is 11.8. The molecule has 0 nitrogen and oxygen atoms in total. The summed E-state index contributed by atoms with van der Waals surface area (Å²) in [6.07, 6.45) is 0. The number of rotatable bonds is 4. The summed E-state index contributed by atoms with van der Waals surface area (Å²) in [7, 11) is 0. The first-order valence-corrected chi connectivity index (χ1v) is 19.5. The lowest BCUT2D eigenvalue weighted by atomic mass is 9.86. The van der Waals surface area contributed by atoms with Gasteiger partial charge >= 0.3 is 0 Å². The highest BCUT2D eigenvalue weighted by Gasteiger charge is 2.21. The Hall–Kier alpha value is -6.06. The van der Waals surface area contributed by atoms with Gasteiger partial charge < -0.3 is 0 Å². The van der Waals surface area contributed by atoms with Gasteiger partial charge in [0.25, 0.3) is 0 Å². The van der Waals surface area contributed by atoms with Crippen LogP contribution in [0.1, 0.15) is 0 Å². The summed E-state index contributed by atoms with van der Waals surface area (Å²) in [5, 5.41) is 15.1.